The van der Waals surface area contributed by atoms with Crippen LogP contribution in [0, 0.1) is 15.9 Å². The molecule has 0 atom stereocenters. The minimum absolute atomic E-state index is 0.386. The Morgan fingerprint density at radius 3 is 2.71 bits per heavy atom. The summed E-state index contributed by atoms with van der Waals surface area (Å²) in [6.07, 6.45) is -1.23. The second-order valence-electron chi connectivity index (χ2n) is 2.29. The van der Waals surface area contributed by atoms with Crippen LogP contribution in [-0.2, 0) is 0 Å². The molecular weight excluding hydrogens is 195 g/mol. The van der Waals surface area contributed by atoms with Crippen LogP contribution in [0.1, 0.15) is 0 Å². The van der Waals surface area contributed by atoms with Gasteiger partial charge in [0.1, 0.15) is 0 Å². The second-order valence-corrected chi connectivity index (χ2v) is 2.29. The van der Waals surface area contributed by atoms with Crippen molar-refractivity contribution >= 4 is 11.8 Å². The number of nitro benzene ring substituents is 1. The lowest BCUT2D eigenvalue weighted by Crippen LogP contribution is -2.17. The maximum Gasteiger partial charge on any atom is 0.410 e. The largest absolute Gasteiger partial charge is 0.410 e. The van der Waals surface area contributed by atoms with Gasteiger partial charge in [-0.1, -0.05) is 0 Å². The first kappa shape index (κ1) is 9.90. The quantitative estimate of drug-likeness (QED) is 0.572. The summed E-state index contributed by atoms with van der Waals surface area (Å²) in [6, 6.07) is 2.54. The predicted molar refractivity (Wildman–Crippen MR) is 43.3 cm³/mol. The number of nitrogens with zero attached hydrogens (tertiary/aromatic N) is 1. The van der Waals surface area contributed by atoms with Crippen LogP contribution in [0.4, 0.5) is 14.9 Å². The second kappa shape index (κ2) is 3.69. The van der Waals surface area contributed by atoms with Gasteiger partial charge >= 0.3 is 6.09 Å². The van der Waals surface area contributed by atoms with E-state index in [4.69, 9.17) is 0 Å². The molecule has 0 saturated carbocycles. The Hall–Kier alpha value is -2.18. The molecule has 0 aliphatic heterocycles. The Morgan fingerprint density at radius 2 is 2.21 bits per heavy atom. The molecule has 0 unspecified atom stereocenters. The van der Waals surface area contributed by atoms with E-state index in [1.54, 1.807) is 0 Å². The smallest absolute Gasteiger partial charge is 0.407 e. The van der Waals surface area contributed by atoms with Gasteiger partial charge in [-0.05, 0) is 6.07 Å². The highest BCUT2D eigenvalue weighted by Gasteiger charge is 2.13. The number of carbonyl (C=O) groups is 1. The Bertz CT molecular complexity index is 393. The normalized spacial score (nSPS) is 9.50. The number of halogens is 1. The predicted octanol–water partition coefficient (Wildman–Crippen LogP) is 1.19. The average molecular weight is 200 g/mol. The highest BCUT2D eigenvalue weighted by atomic mass is 19.1. The molecule has 14 heavy (non-hydrogen) atoms. The molecule has 7 heteroatoms. The van der Waals surface area contributed by atoms with Crippen molar-refractivity contribution in [2.45, 2.75) is 0 Å². The van der Waals surface area contributed by atoms with E-state index in [9.17, 15) is 19.3 Å². The third-order valence-electron chi connectivity index (χ3n) is 1.34. The summed E-state index contributed by atoms with van der Waals surface area (Å²) >= 11 is 0. The monoisotopic (exact) mass is 200 g/mol. The Kier molecular flexibility index (Phi) is 2.61. The fraction of sp³-hybridized carbons (Fsp3) is 0. The molecule has 0 radical (unpaired) electrons. The molecule has 0 aliphatic rings. The van der Waals surface area contributed by atoms with Crippen LogP contribution < -0.4 is 10.5 Å². The molecule has 0 fully saturated rings. The van der Waals surface area contributed by atoms with Gasteiger partial charge in [-0.2, -0.15) is 0 Å². The SMILES string of the molecule is NC(=O)Oc1cc([N+](=O)[O-])ccc1F. The standard InChI is InChI=1S/C7H5FN2O4/c8-5-2-1-4(10(12)13)3-6(5)14-7(9)11/h1-3H,(H2,9,11). The maximum absolute atomic E-state index is 12.8. The number of nitrogens with two attached hydrogens (primary N) is 1. The Morgan fingerprint density at radius 1 is 1.57 bits per heavy atom. The van der Waals surface area contributed by atoms with Crippen LogP contribution in [0.5, 0.6) is 5.75 Å². The molecule has 74 valence electrons. The van der Waals surface area contributed by atoms with Crippen molar-refractivity contribution in [2.75, 3.05) is 0 Å². The highest BCUT2D eigenvalue weighted by molar-refractivity contribution is 5.68. The topological polar surface area (TPSA) is 95.5 Å². The number of nitro groups is 1. The van der Waals surface area contributed by atoms with Gasteiger partial charge in [-0.25, -0.2) is 9.18 Å². The van der Waals surface area contributed by atoms with Crippen molar-refractivity contribution in [1.82, 2.24) is 0 Å². The summed E-state index contributed by atoms with van der Waals surface area (Å²) in [5, 5.41) is 10.3. The van der Waals surface area contributed by atoms with E-state index in [1.165, 1.54) is 0 Å². The van der Waals surface area contributed by atoms with E-state index in [1.807, 2.05) is 0 Å². The van der Waals surface area contributed by atoms with Crippen LogP contribution in [0.15, 0.2) is 18.2 Å². The molecule has 0 bridgehead atoms. The van der Waals surface area contributed by atoms with Crippen LogP contribution >= 0.6 is 0 Å². The number of hydrogen-bond donors (Lipinski definition) is 1. The average Bonchev–Trinajstić information content (AvgIpc) is 2.07. The van der Waals surface area contributed by atoms with E-state index >= 15 is 0 Å². The minimum atomic E-state index is -1.23. The van der Waals surface area contributed by atoms with Crippen molar-refractivity contribution in [2.24, 2.45) is 5.73 Å². The molecule has 0 heterocycles. The summed E-state index contributed by atoms with van der Waals surface area (Å²) in [5.74, 6) is -1.46. The van der Waals surface area contributed by atoms with Crippen molar-refractivity contribution in [1.29, 1.82) is 0 Å². The van der Waals surface area contributed by atoms with Crippen LogP contribution in [0.3, 0.4) is 0 Å². The number of rotatable bonds is 2. The zero-order chi connectivity index (χ0) is 10.7. The number of hydrogen-bond acceptors (Lipinski definition) is 4. The van der Waals surface area contributed by atoms with Gasteiger partial charge in [0, 0.05) is 6.07 Å². The van der Waals surface area contributed by atoms with Crippen molar-refractivity contribution in [3.8, 4) is 5.75 Å². The van der Waals surface area contributed by atoms with E-state index < -0.39 is 22.6 Å². The first-order valence-electron chi connectivity index (χ1n) is 3.42. The van der Waals surface area contributed by atoms with Gasteiger partial charge in [0.15, 0.2) is 11.6 Å². The summed E-state index contributed by atoms with van der Waals surface area (Å²) < 4.78 is 17.0. The first-order chi connectivity index (χ1) is 6.50. The van der Waals surface area contributed by atoms with Crippen LogP contribution in [-0.4, -0.2) is 11.0 Å². The number of amides is 1. The summed E-state index contributed by atoms with van der Waals surface area (Å²) in [7, 11) is 0. The van der Waals surface area contributed by atoms with Gasteiger partial charge in [0.25, 0.3) is 5.69 Å². The van der Waals surface area contributed by atoms with E-state index in [0.717, 1.165) is 18.2 Å². The number of primary amides is 1. The molecule has 6 nitrogen and oxygen atoms in total. The third kappa shape index (κ3) is 2.16. The lowest BCUT2D eigenvalue weighted by molar-refractivity contribution is -0.385. The van der Waals surface area contributed by atoms with Crippen molar-refractivity contribution < 1.29 is 18.8 Å². The third-order valence-corrected chi connectivity index (χ3v) is 1.34. The van der Waals surface area contributed by atoms with E-state index in [0.29, 0.717) is 0 Å². The molecule has 1 rings (SSSR count). The molecule has 0 aliphatic carbocycles. The first-order valence-corrected chi connectivity index (χ1v) is 3.42. The van der Waals surface area contributed by atoms with Gasteiger partial charge in [-0.15, -0.1) is 0 Å². The summed E-state index contributed by atoms with van der Waals surface area (Å²) in [6.45, 7) is 0. The number of non-ortho nitro benzene ring substituents is 1. The van der Waals surface area contributed by atoms with Gasteiger partial charge in [0.2, 0.25) is 0 Å². The molecule has 2 N–H and O–H groups in total. The molecule has 1 aromatic carbocycles. The van der Waals surface area contributed by atoms with Gasteiger partial charge in [-0.3, -0.25) is 10.1 Å². The fourth-order valence-electron chi connectivity index (χ4n) is 0.792. The number of carbonyl (C=O) groups excluding carboxylic acids is 1. The summed E-state index contributed by atoms with van der Waals surface area (Å²) in [5.41, 5.74) is 4.24. The lowest BCUT2D eigenvalue weighted by atomic mass is 10.3. The highest BCUT2D eigenvalue weighted by Crippen LogP contribution is 2.23. The van der Waals surface area contributed by atoms with Crippen LogP contribution in [0.25, 0.3) is 0 Å². The minimum Gasteiger partial charge on any atom is -0.407 e. The molecule has 0 aromatic heterocycles. The lowest BCUT2D eigenvalue weighted by Gasteiger charge is -2.01. The number of benzene rings is 1. The van der Waals surface area contributed by atoms with Crippen molar-refractivity contribution in [3.05, 3.63) is 34.1 Å². The Labute approximate surface area is 77.2 Å². The van der Waals surface area contributed by atoms with Crippen LogP contribution in [0.2, 0.25) is 0 Å². The number of ether oxygens (including phenoxy) is 1. The zero-order valence-corrected chi connectivity index (χ0v) is 6.77. The molecule has 1 amide bonds. The van der Waals surface area contributed by atoms with Gasteiger partial charge in [0.05, 0.1) is 11.0 Å². The maximum atomic E-state index is 12.8. The Balaban J connectivity index is 3.08. The van der Waals surface area contributed by atoms with Crippen molar-refractivity contribution in [3.63, 3.8) is 0 Å². The zero-order valence-electron chi connectivity index (χ0n) is 6.77. The molecule has 0 saturated heterocycles. The summed E-state index contributed by atoms with van der Waals surface area (Å²) in [4.78, 5) is 19.8. The molecule has 1 aromatic rings. The molecule has 0 spiro atoms. The van der Waals surface area contributed by atoms with E-state index in [2.05, 4.69) is 10.5 Å². The van der Waals surface area contributed by atoms with E-state index in [-0.39, 0.29) is 5.69 Å². The van der Waals surface area contributed by atoms with Gasteiger partial charge < -0.3 is 10.5 Å². The molecular formula is C7H5FN2O4. The fourth-order valence-corrected chi connectivity index (χ4v) is 0.792.